The number of nitrogens with zero attached hydrogens (tertiary/aromatic N) is 1. The maximum absolute atomic E-state index is 13.2. The molecular formula is C31H29FN2O3S. The normalized spacial score (nSPS) is 17.8. The zero-order valence-electron chi connectivity index (χ0n) is 20.7. The highest BCUT2D eigenvalue weighted by atomic mass is 32.1. The van der Waals surface area contributed by atoms with Crippen molar-refractivity contribution in [3.05, 3.63) is 114 Å². The number of phenolic OH excluding ortho intramolecular Hbond substituents is 2. The third kappa shape index (κ3) is 5.49. The third-order valence-electron chi connectivity index (χ3n) is 7.02. The Morgan fingerprint density at radius 3 is 2.24 bits per heavy atom. The smallest absolute Gasteiger partial charge is 0.174 e. The Hall–Kier alpha value is -3.94. The van der Waals surface area contributed by atoms with E-state index in [9.17, 15) is 19.7 Å². The van der Waals surface area contributed by atoms with Crippen LogP contribution in [0.4, 0.5) is 10.1 Å². The summed E-state index contributed by atoms with van der Waals surface area (Å²) in [6, 6.07) is 28.3. The van der Waals surface area contributed by atoms with Crippen molar-refractivity contribution in [2.75, 3.05) is 4.90 Å². The van der Waals surface area contributed by atoms with Gasteiger partial charge in [-0.05, 0) is 84.6 Å². The highest BCUT2D eigenvalue weighted by Crippen LogP contribution is 2.41. The topological polar surface area (TPSA) is 76.0 Å². The van der Waals surface area contributed by atoms with Crippen molar-refractivity contribution in [2.45, 2.75) is 37.5 Å². The number of hydrogen-bond acceptors (Lipinski definition) is 4. The number of halogens is 1. The van der Waals surface area contributed by atoms with E-state index in [1.807, 2.05) is 47.4 Å². The highest BCUT2D eigenvalue weighted by molar-refractivity contribution is 7.80. The molecule has 0 aliphatic carbocycles. The molecule has 3 atom stereocenters. The van der Waals surface area contributed by atoms with Crippen LogP contribution in [0.25, 0.3) is 11.1 Å². The molecule has 1 saturated heterocycles. The molecule has 194 valence electrons. The van der Waals surface area contributed by atoms with Crippen LogP contribution in [0.15, 0.2) is 97.1 Å². The molecule has 0 bridgehead atoms. The van der Waals surface area contributed by atoms with Crippen LogP contribution >= 0.6 is 12.2 Å². The van der Waals surface area contributed by atoms with Crippen molar-refractivity contribution >= 4 is 23.0 Å². The fraction of sp³-hybridized carbons (Fsp3) is 0.194. The monoisotopic (exact) mass is 528 g/mol. The lowest BCUT2D eigenvalue weighted by Crippen LogP contribution is -2.29. The molecule has 5 rings (SSSR count). The Labute approximate surface area is 226 Å². The molecule has 7 heteroatoms. The van der Waals surface area contributed by atoms with Gasteiger partial charge < -0.3 is 25.5 Å². The van der Waals surface area contributed by atoms with Crippen molar-refractivity contribution < 1.29 is 19.7 Å². The first kappa shape index (κ1) is 25.7. The molecule has 38 heavy (non-hydrogen) atoms. The van der Waals surface area contributed by atoms with Gasteiger partial charge in [-0.25, -0.2) is 4.39 Å². The van der Waals surface area contributed by atoms with Crippen molar-refractivity contribution in [3.8, 4) is 22.6 Å². The lowest BCUT2D eigenvalue weighted by molar-refractivity contribution is 0.162. The standard InChI is InChI=1S/C31H29FN2O3S/c32-23-13-9-22(10-14-23)28(36)8-4-7-27-30(26-18-17-25(35)19-29(26)37)34(31(38)33-27)24-15-11-21(12-16-24)20-5-2-1-3-6-20/h1-3,5-6,9-19,27-28,30,35-37H,4,7-8H2,(H,33,38). The molecule has 4 aromatic carbocycles. The van der Waals surface area contributed by atoms with Crippen molar-refractivity contribution in [3.63, 3.8) is 0 Å². The quantitative estimate of drug-likeness (QED) is 0.193. The van der Waals surface area contributed by atoms with E-state index >= 15 is 0 Å². The summed E-state index contributed by atoms with van der Waals surface area (Å²) >= 11 is 5.76. The fourth-order valence-electron chi connectivity index (χ4n) is 5.09. The summed E-state index contributed by atoms with van der Waals surface area (Å²) in [4.78, 5) is 2.00. The van der Waals surface area contributed by atoms with E-state index < -0.39 is 6.10 Å². The largest absolute Gasteiger partial charge is 0.508 e. The lowest BCUT2D eigenvalue weighted by Gasteiger charge is -2.29. The Kier molecular flexibility index (Phi) is 7.58. The second kappa shape index (κ2) is 11.2. The predicted molar refractivity (Wildman–Crippen MR) is 152 cm³/mol. The first-order valence-electron chi connectivity index (χ1n) is 12.6. The van der Waals surface area contributed by atoms with Crippen LogP contribution in [0.5, 0.6) is 11.5 Å². The molecule has 0 aromatic heterocycles. The molecule has 1 heterocycles. The number of hydrogen-bond donors (Lipinski definition) is 4. The summed E-state index contributed by atoms with van der Waals surface area (Å²) < 4.78 is 13.2. The van der Waals surface area contributed by atoms with Crippen LogP contribution in [0, 0.1) is 5.82 Å². The minimum atomic E-state index is -0.703. The first-order valence-corrected chi connectivity index (χ1v) is 13.0. The second-order valence-corrected chi connectivity index (χ2v) is 9.91. The predicted octanol–water partition coefficient (Wildman–Crippen LogP) is 6.61. The molecule has 1 fully saturated rings. The van der Waals surface area contributed by atoms with Crippen molar-refractivity contribution in [2.24, 2.45) is 0 Å². The van der Waals surface area contributed by atoms with Crippen molar-refractivity contribution in [1.82, 2.24) is 5.32 Å². The van der Waals surface area contributed by atoms with Gasteiger partial charge in [-0.3, -0.25) is 0 Å². The molecule has 0 spiro atoms. The fourth-order valence-corrected chi connectivity index (χ4v) is 5.46. The zero-order chi connectivity index (χ0) is 26.6. The summed E-state index contributed by atoms with van der Waals surface area (Å²) in [6.45, 7) is 0. The molecule has 4 N–H and O–H groups in total. The van der Waals surface area contributed by atoms with Crippen LogP contribution in [0.1, 0.15) is 42.5 Å². The number of thiocarbonyl (C=S) groups is 1. The van der Waals surface area contributed by atoms with Gasteiger partial charge in [0.1, 0.15) is 17.3 Å². The van der Waals surface area contributed by atoms with Crippen molar-refractivity contribution in [1.29, 1.82) is 0 Å². The Morgan fingerprint density at radius 1 is 0.868 bits per heavy atom. The number of aromatic hydroxyl groups is 2. The Balaban J connectivity index is 1.38. The SMILES string of the molecule is Oc1ccc(C2C(CCCC(O)c3ccc(F)cc3)NC(=S)N2c2ccc(-c3ccccc3)cc2)c(O)c1. The molecule has 1 aliphatic heterocycles. The van der Waals surface area contributed by atoms with Gasteiger partial charge in [0.15, 0.2) is 5.11 Å². The molecule has 0 saturated carbocycles. The average molecular weight is 529 g/mol. The number of phenols is 2. The van der Waals surface area contributed by atoms with E-state index in [0.29, 0.717) is 35.5 Å². The zero-order valence-corrected chi connectivity index (χ0v) is 21.5. The van der Waals surface area contributed by atoms with Gasteiger partial charge in [-0.1, -0.05) is 54.6 Å². The van der Waals surface area contributed by atoms with Gasteiger partial charge in [0.05, 0.1) is 18.2 Å². The maximum atomic E-state index is 13.2. The molecule has 0 amide bonds. The van der Waals surface area contributed by atoms with E-state index in [4.69, 9.17) is 12.2 Å². The summed E-state index contributed by atoms with van der Waals surface area (Å²) in [7, 11) is 0. The van der Waals surface area contributed by atoms with Gasteiger partial charge in [0.2, 0.25) is 0 Å². The summed E-state index contributed by atoms with van der Waals surface area (Å²) in [5, 5.41) is 35.2. The van der Waals surface area contributed by atoms with Gasteiger partial charge >= 0.3 is 0 Å². The Bertz CT molecular complexity index is 1400. The third-order valence-corrected chi connectivity index (χ3v) is 7.33. The summed E-state index contributed by atoms with van der Waals surface area (Å²) in [5.74, 6) is -0.362. The summed E-state index contributed by atoms with van der Waals surface area (Å²) in [5.41, 5.74) is 4.41. The van der Waals surface area contributed by atoms with Crippen LogP contribution in [0.2, 0.25) is 0 Å². The van der Waals surface area contributed by atoms with Gasteiger partial charge in [0.25, 0.3) is 0 Å². The van der Waals surface area contributed by atoms with E-state index in [1.54, 1.807) is 24.3 Å². The minimum absolute atomic E-state index is 0.0104. The van der Waals surface area contributed by atoms with Crippen LogP contribution in [-0.4, -0.2) is 26.5 Å². The van der Waals surface area contributed by atoms with Crippen LogP contribution < -0.4 is 10.2 Å². The lowest BCUT2D eigenvalue weighted by atomic mass is 9.93. The van der Waals surface area contributed by atoms with Gasteiger partial charge in [0, 0.05) is 17.3 Å². The average Bonchev–Trinajstić information content (AvgIpc) is 3.25. The number of rotatable bonds is 8. The molecule has 4 aromatic rings. The van der Waals surface area contributed by atoms with E-state index in [2.05, 4.69) is 17.4 Å². The minimum Gasteiger partial charge on any atom is -0.508 e. The van der Waals surface area contributed by atoms with Gasteiger partial charge in [-0.15, -0.1) is 0 Å². The van der Waals surface area contributed by atoms with Crippen LogP contribution in [0.3, 0.4) is 0 Å². The molecule has 3 unspecified atom stereocenters. The Morgan fingerprint density at radius 2 is 1.55 bits per heavy atom. The highest BCUT2D eigenvalue weighted by Gasteiger charge is 2.40. The molecule has 5 nitrogen and oxygen atoms in total. The first-order chi connectivity index (χ1) is 18.4. The van der Waals surface area contributed by atoms with E-state index in [0.717, 1.165) is 16.8 Å². The number of aliphatic hydroxyl groups is 1. The van der Waals surface area contributed by atoms with Crippen LogP contribution in [-0.2, 0) is 0 Å². The number of nitrogens with one attached hydrogen (secondary N) is 1. The molecular weight excluding hydrogens is 499 g/mol. The maximum Gasteiger partial charge on any atom is 0.174 e. The van der Waals surface area contributed by atoms with Gasteiger partial charge in [-0.2, -0.15) is 0 Å². The van der Waals surface area contributed by atoms with E-state index in [1.165, 1.54) is 18.2 Å². The summed E-state index contributed by atoms with van der Waals surface area (Å²) in [6.07, 6.45) is 1.14. The number of anilines is 1. The number of benzene rings is 4. The van der Waals surface area contributed by atoms with E-state index in [-0.39, 0.29) is 29.4 Å². The molecule has 0 radical (unpaired) electrons. The second-order valence-electron chi connectivity index (χ2n) is 9.53. The number of aliphatic hydroxyl groups excluding tert-OH is 1. The molecule has 1 aliphatic rings.